The largest absolute Gasteiger partial charge is 0.460 e. The second-order valence-corrected chi connectivity index (χ2v) is 13.6. The topological polar surface area (TPSA) is 64.2 Å². The van der Waals surface area contributed by atoms with E-state index in [2.05, 4.69) is 163 Å². The van der Waals surface area contributed by atoms with Crippen LogP contribution in [0.4, 0.5) is 0 Å². The zero-order valence-electron chi connectivity index (χ0n) is 29.5. The lowest BCUT2D eigenvalue weighted by molar-refractivity contribution is 0.578. The minimum absolute atomic E-state index is 0.554. The monoisotopic (exact) mass is 692 g/mol. The minimum Gasteiger partial charge on any atom is -0.460 e. The highest BCUT2D eigenvalue weighted by Crippen LogP contribution is 2.44. The summed E-state index contributed by atoms with van der Waals surface area (Å²) in [6, 6.07) is 53.0. The van der Waals surface area contributed by atoms with Crippen LogP contribution in [-0.2, 0) is 0 Å². The molecule has 0 radical (unpaired) electrons. The highest BCUT2D eigenvalue weighted by Gasteiger charge is 2.23. The zero-order valence-corrected chi connectivity index (χ0v) is 29.5. The van der Waals surface area contributed by atoms with Gasteiger partial charge in [-0.25, -0.2) is 15.0 Å². The number of fused-ring (bicyclic) bond motifs is 6. The van der Waals surface area contributed by atoms with Gasteiger partial charge in [0.05, 0.1) is 0 Å². The van der Waals surface area contributed by atoms with Crippen molar-refractivity contribution in [3.8, 4) is 45.3 Å². The second kappa shape index (κ2) is 12.8. The lowest BCUT2D eigenvalue weighted by Crippen LogP contribution is -2.01. The van der Waals surface area contributed by atoms with E-state index in [1.807, 2.05) is 13.0 Å². The molecule has 5 heteroatoms. The fraction of sp³-hybridized carbons (Fsp3) is 0.0204. The Morgan fingerprint density at radius 1 is 0.500 bits per heavy atom. The van der Waals surface area contributed by atoms with Crippen molar-refractivity contribution >= 4 is 66.9 Å². The summed E-state index contributed by atoms with van der Waals surface area (Å²) >= 11 is 0. The predicted molar refractivity (Wildman–Crippen MR) is 225 cm³/mol. The average Bonchev–Trinajstić information content (AvgIpc) is 3.57. The number of nitrogens with zero attached hydrogens (tertiary/aromatic N) is 4. The molecule has 0 atom stereocenters. The molecule has 0 amide bonds. The molecule has 0 aliphatic heterocycles. The Morgan fingerprint density at radius 2 is 1.04 bits per heavy atom. The summed E-state index contributed by atoms with van der Waals surface area (Å²) in [4.78, 5) is 19.6. The first-order chi connectivity index (χ1) is 26.6. The molecule has 2 heterocycles. The molecular weight excluding hydrogens is 661 g/mol. The Labute approximate surface area is 311 Å². The Bertz CT molecular complexity index is 3060. The van der Waals surface area contributed by atoms with Crippen molar-refractivity contribution < 1.29 is 4.42 Å². The van der Waals surface area contributed by atoms with E-state index in [-0.39, 0.29) is 0 Å². The summed E-state index contributed by atoms with van der Waals surface area (Å²) in [5.41, 5.74) is 6.41. The first-order valence-corrected chi connectivity index (χ1v) is 18.0. The van der Waals surface area contributed by atoms with Gasteiger partial charge in [-0.15, -0.1) is 0 Å². The number of aliphatic imine (C=N–C) groups is 1. The molecule has 2 aromatic heterocycles. The van der Waals surface area contributed by atoms with E-state index in [0.717, 1.165) is 77.0 Å². The van der Waals surface area contributed by atoms with Crippen LogP contribution in [0.1, 0.15) is 11.3 Å². The Balaban J connectivity index is 1.26. The van der Waals surface area contributed by atoms with Gasteiger partial charge in [0.1, 0.15) is 11.3 Å². The van der Waals surface area contributed by atoms with Crippen LogP contribution in [0.15, 0.2) is 167 Å². The third-order valence-corrected chi connectivity index (χ3v) is 10.4. The van der Waals surface area contributed by atoms with Gasteiger partial charge in [0, 0.05) is 39.4 Å². The molecule has 0 aliphatic carbocycles. The zero-order chi connectivity index (χ0) is 36.2. The highest BCUT2D eigenvalue weighted by molar-refractivity contribution is 6.17. The minimum atomic E-state index is 0.554. The molecule has 10 aromatic rings. The first kappa shape index (κ1) is 31.5. The van der Waals surface area contributed by atoms with Crippen LogP contribution in [0.3, 0.4) is 0 Å². The van der Waals surface area contributed by atoms with Crippen LogP contribution in [0.5, 0.6) is 0 Å². The van der Waals surface area contributed by atoms with Gasteiger partial charge in [-0.2, -0.15) is 0 Å². The summed E-state index contributed by atoms with van der Waals surface area (Å²) in [6.07, 6.45) is 3.66. The number of aryl methyl sites for hydroxylation is 1. The van der Waals surface area contributed by atoms with Crippen molar-refractivity contribution in [2.24, 2.45) is 4.99 Å². The molecule has 0 saturated heterocycles. The SMILES string of the molecule is C=N/C=C\c1c(C)oc2c(-c3cc4ccccc4c4ccccc34)ccc(-c3nc(-c4ccc5ccccc5c4)nc(-c4ccc5ccccc5c4)n3)c12. The predicted octanol–water partition coefficient (Wildman–Crippen LogP) is 12.9. The summed E-state index contributed by atoms with van der Waals surface area (Å²) in [6.45, 7) is 5.70. The lowest BCUT2D eigenvalue weighted by Gasteiger charge is -2.14. The van der Waals surface area contributed by atoms with Crippen molar-refractivity contribution in [1.82, 2.24) is 15.0 Å². The summed E-state index contributed by atoms with van der Waals surface area (Å²) in [5, 5.41) is 10.2. The molecule has 0 bridgehead atoms. The third-order valence-electron chi connectivity index (χ3n) is 10.4. The normalized spacial score (nSPS) is 11.8. The number of aromatic nitrogens is 3. The van der Waals surface area contributed by atoms with Crippen molar-refractivity contribution in [1.29, 1.82) is 0 Å². The van der Waals surface area contributed by atoms with E-state index in [1.165, 1.54) is 16.2 Å². The average molecular weight is 693 g/mol. The molecule has 8 aromatic carbocycles. The molecule has 0 fully saturated rings. The van der Waals surface area contributed by atoms with Gasteiger partial charge in [-0.05, 0) is 98.7 Å². The fourth-order valence-corrected chi connectivity index (χ4v) is 7.76. The molecule has 0 spiro atoms. The number of hydrogen-bond donors (Lipinski definition) is 0. The van der Waals surface area contributed by atoms with Crippen molar-refractivity contribution in [3.05, 3.63) is 169 Å². The molecule has 0 unspecified atom stereocenters. The summed E-state index contributed by atoms with van der Waals surface area (Å²) in [7, 11) is 0. The van der Waals surface area contributed by atoms with Gasteiger partial charge < -0.3 is 4.42 Å². The summed E-state index contributed by atoms with van der Waals surface area (Å²) in [5.74, 6) is 2.51. The van der Waals surface area contributed by atoms with Crippen molar-refractivity contribution in [2.75, 3.05) is 0 Å². The third kappa shape index (κ3) is 5.25. The van der Waals surface area contributed by atoms with Crippen LogP contribution in [0, 0.1) is 6.92 Å². The standard InChI is InChI=1S/C49H32N4O/c1-30-38(25-26-50-2)45-43(24-23-42(46(45)54-30)44-29-35-15-7-8-16-39(35)40-17-9-10-18-41(40)44)49-52-47(36-21-19-31-11-3-5-13-33(31)27-36)51-48(53-49)37-22-20-32-12-4-6-14-34(32)28-37/h3-29H,2H2,1H3/b26-25-. The number of furan rings is 1. The van der Waals surface area contributed by atoms with Crippen molar-refractivity contribution in [2.45, 2.75) is 6.92 Å². The molecule has 0 saturated carbocycles. The van der Waals surface area contributed by atoms with E-state index < -0.39 is 0 Å². The molecule has 5 nitrogen and oxygen atoms in total. The van der Waals surface area contributed by atoms with Gasteiger partial charge in [0.2, 0.25) is 0 Å². The Morgan fingerprint density at radius 3 is 1.69 bits per heavy atom. The maximum Gasteiger partial charge on any atom is 0.164 e. The molecule has 0 N–H and O–H groups in total. The van der Waals surface area contributed by atoms with E-state index in [9.17, 15) is 0 Å². The fourth-order valence-electron chi connectivity index (χ4n) is 7.76. The maximum atomic E-state index is 6.75. The van der Waals surface area contributed by atoms with Gasteiger partial charge in [0.15, 0.2) is 17.5 Å². The highest BCUT2D eigenvalue weighted by atomic mass is 16.3. The smallest absolute Gasteiger partial charge is 0.164 e. The summed E-state index contributed by atoms with van der Waals surface area (Å²) < 4.78 is 6.75. The molecule has 254 valence electrons. The number of rotatable bonds is 6. The van der Waals surface area contributed by atoms with Gasteiger partial charge in [-0.3, -0.25) is 4.99 Å². The first-order valence-electron chi connectivity index (χ1n) is 18.0. The van der Waals surface area contributed by atoms with Gasteiger partial charge >= 0.3 is 0 Å². The Kier molecular flexibility index (Phi) is 7.44. The molecule has 0 aliphatic rings. The van der Waals surface area contributed by atoms with E-state index >= 15 is 0 Å². The molecular formula is C49H32N4O. The van der Waals surface area contributed by atoms with E-state index in [0.29, 0.717) is 17.5 Å². The maximum absolute atomic E-state index is 6.75. The molecule has 10 rings (SSSR count). The van der Waals surface area contributed by atoms with Crippen LogP contribution >= 0.6 is 0 Å². The van der Waals surface area contributed by atoms with E-state index in [1.54, 1.807) is 6.20 Å². The van der Waals surface area contributed by atoms with Crippen LogP contribution < -0.4 is 0 Å². The van der Waals surface area contributed by atoms with E-state index in [4.69, 9.17) is 19.4 Å². The van der Waals surface area contributed by atoms with Crippen LogP contribution in [0.25, 0.3) is 105 Å². The van der Waals surface area contributed by atoms with Crippen LogP contribution in [-0.4, -0.2) is 21.7 Å². The Hall–Kier alpha value is -7.24. The van der Waals surface area contributed by atoms with Crippen molar-refractivity contribution in [3.63, 3.8) is 0 Å². The quantitative estimate of drug-likeness (QED) is 0.129. The van der Waals surface area contributed by atoms with Crippen LogP contribution in [0.2, 0.25) is 0 Å². The van der Waals surface area contributed by atoms with Gasteiger partial charge in [-0.1, -0.05) is 121 Å². The van der Waals surface area contributed by atoms with Gasteiger partial charge in [0.25, 0.3) is 0 Å². The lowest BCUT2D eigenvalue weighted by atomic mass is 9.91. The number of hydrogen-bond acceptors (Lipinski definition) is 5. The molecule has 54 heavy (non-hydrogen) atoms. The second-order valence-electron chi connectivity index (χ2n) is 13.6. The number of benzene rings is 8.